The summed E-state index contributed by atoms with van der Waals surface area (Å²) in [5.74, 6) is 0.0830. The van der Waals surface area contributed by atoms with E-state index in [-0.39, 0.29) is 18.2 Å². The molecule has 0 spiro atoms. The quantitative estimate of drug-likeness (QED) is 0.290. The summed E-state index contributed by atoms with van der Waals surface area (Å²) < 4.78 is 5.51. The molecular weight excluding hydrogens is 553 g/mol. The summed E-state index contributed by atoms with van der Waals surface area (Å²) in [5, 5.41) is 4.70. The molecule has 0 aromatic heterocycles. The Bertz CT molecular complexity index is 1320. The molecule has 3 aromatic carbocycles. The van der Waals surface area contributed by atoms with Crippen molar-refractivity contribution in [2.24, 2.45) is 0 Å². The maximum atomic E-state index is 13.6. The average Bonchev–Trinajstić information content (AvgIpc) is 3.08. The van der Waals surface area contributed by atoms with Crippen LogP contribution in [0.2, 0.25) is 15.1 Å². The predicted octanol–water partition coefficient (Wildman–Crippen LogP) is 6.62. The van der Waals surface area contributed by atoms with Gasteiger partial charge in [0.2, 0.25) is 5.91 Å². The highest BCUT2D eigenvalue weighted by Crippen LogP contribution is 2.30. The number of nitrogens with one attached hydrogen (secondary N) is 1. The summed E-state index contributed by atoms with van der Waals surface area (Å²) in [4.78, 5) is 29.8. The predicted molar refractivity (Wildman–Crippen MR) is 153 cm³/mol. The highest BCUT2D eigenvalue weighted by Gasteiger charge is 2.44. The molecule has 10 heteroatoms. The number of hydrogen-bond acceptors (Lipinski definition) is 4. The molecule has 0 radical (unpaired) electrons. The van der Waals surface area contributed by atoms with Crippen molar-refractivity contribution in [1.29, 1.82) is 0 Å². The first-order valence-electron chi connectivity index (χ1n) is 11.6. The molecule has 6 nitrogen and oxygen atoms in total. The van der Waals surface area contributed by atoms with E-state index in [0.717, 1.165) is 5.56 Å². The Kier molecular flexibility index (Phi) is 8.92. The monoisotopic (exact) mass is 575 g/mol. The van der Waals surface area contributed by atoms with Crippen molar-refractivity contribution in [3.8, 4) is 5.75 Å². The number of ether oxygens (including phenoxy) is 1. The molecular formula is C27H24Cl3N3O3S. The molecule has 0 aliphatic carbocycles. The van der Waals surface area contributed by atoms with Crippen molar-refractivity contribution in [1.82, 2.24) is 4.90 Å². The van der Waals surface area contributed by atoms with Gasteiger partial charge in [0.1, 0.15) is 11.8 Å². The third-order valence-corrected chi connectivity index (χ3v) is 7.09. The van der Waals surface area contributed by atoms with Crippen molar-refractivity contribution in [2.45, 2.75) is 25.8 Å². The van der Waals surface area contributed by atoms with E-state index >= 15 is 0 Å². The normalized spacial score (nSPS) is 15.3. The van der Waals surface area contributed by atoms with Gasteiger partial charge < -0.3 is 15.0 Å². The summed E-state index contributed by atoms with van der Waals surface area (Å²) >= 11 is 24.2. The first-order valence-corrected chi connectivity index (χ1v) is 13.2. The molecule has 1 aliphatic rings. The molecule has 0 bridgehead atoms. The zero-order chi connectivity index (χ0) is 26.5. The van der Waals surface area contributed by atoms with Gasteiger partial charge in [0, 0.05) is 27.3 Å². The van der Waals surface area contributed by atoms with Crippen LogP contribution >= 0.6 is 47.0 Å². The van der Waals surface area contributed by atoms with E-state index in [9.17, 15) is 9.59 Å². The summed E-state index contributed by atoms with van der Waals surface area (Å²) in [6.45, 7) is 2.82. The Labute approximate surface area is 236 Å². The fraction of sp³-hybridized carbons (Fsp3) is 0.222. The number of carbonyl (C=O) groups is 2. The highest BCUT2D eigenvalue weighted by atomic mass is 35.5. The summed E-state index contributed by atoms with van der Waals surface area (Å²) in [7, 11) is 0. The van der Waals surface area contributed by atoms with Crippen molar-refractivity contribution in [3.63, 3.8) is 0 Å². The molecule has 1 aliphatic heterocycles. The van der Waals surface area contributed by atoms with Gasteiger partial charge in [-0.15, -0.1) is 0 Å². The molecule has 1 saturated heterocycles. The summed E-state index contributed by atoms with van der Waals surface area (Å²) in [5.41, 5.74) is 2.02. The van der Waals surface area contributed by atoms with Gasteiger partial charge >= 0.3 is 0 Å². The van der Waals surface area contributed by atoms with Gasteiger partial charge in [-0.3, -0.25) is 14.5 Å². The van der Waals surface area contributed by atoms with Crippen LogP contribution in [0.1, 0.15) is 18.9 Å². The zero-order valence-corrected chi connectivity index (χ0v) is 23.0. The lowest BCUT2D eigenvalue weighted by Crippen LogP contribution is -2.39. The van der Waals surface area contributed by atoms with E-state index in [1.54, 1.807) is 65.6 Å². The number of anilines is 2. The lowest BCUT2D eigenvalue weighted by Gasteiger charge is -2.24. The van der Waals surface area contributed by atoms with Crippen LogP contribution in [-0.2, 0) is 16.0 Å². The minimum atomic E-state index is -0.788. The Morgan fingerprint density at radius 3 is 2.43 bits per heavy atom. The van der Waals surface area contributed by atoms with Crippen molar-refractivity contribution in [2.75, 3.05) is 23.4 Å². The maximum Gasteiger partial charge on any atom is 0.256 e. The first-order chi connectivity index (χ1) is 17.8. The molecule has 1 heterocycles. The number of amides is 2. The first kappa shape index (κ1) is 27.2. The van der Waals surface area contributed by atoms with E-state index in [4.69, 9.17) is 51.8 Å². The number of nitrogens with zero attached hydrogens (tertiary/aromatic N) is 2. The molecule has 192 valence electrons. The lowest BCUT2D eigenvalue weighted by atomic mass is 10.1. The number of thiocarbonyl (C=S) groups is 1. The molecule has 1 N–H and O–H groups in total. The van der Waals surface area contributed by atoms with E-state index < -0.39 is 6.04 Å². The molecule has 3 aromatic rings. The number of benzene rings is 3. The second-order valence-corrected chi connectivity index (χ2v) is 9.99. The van der Waals surface area contributed by atoms with Gasteiger partial charge in [-0.05, 0) is 85.7 Å². The standard InChI is InChI=1S/C27H24Cl3N3O3S/c1-2-36-22-10-8-21(9-11-22)33-26(35)24(16-25(34)31-20-5-3-4-18(28)14-20)32(27(33)37)13-12-17-6-7-19(29)15-23(17)30/h3-11,14-15,24H,2,12-13,16H2,1H3,(H,31,34)/t24-/m1/s1. The number of rotatable bonds is 9. The molecule has 4 rings (SSSR count). The van der Waals surface area contributed by atoms with Gasteiger partial charge in [0.25, 0.3) is 5.91 Å². The second-order valence-electron chi connectivity index (χ2n) is 8.34. The van der Waals surface area contributed by atoms with E-state index in [0.29, 0.717) is 56.9 Å². The molecule has 1 fully saturated rings. The smallest absolute Gasteiger partial charge is 0.256 e. The Morgan fingerprint density at radius 1 is 1.03 bits per heavy atom. The van der Waals surface area contributed by atoms with Gasteiger partial charge in [-0.25, -0.2) is 0 Å². The van der Waals surface area contributed by atoms with Crippen LogP contribution in [0.5, 0.6) is 5.75 Å². The average molecular weight is 577 g/mol. The van der Waals surface area contributed by atoms with E-state index in [1.165, 1.54) is 4.90 Å². The molecule has 2 amide bonds. The van der Waals surface area contributed by atoms with Crippen LogP contribution in [0.25, 0.3) is 0 Å². The highest BCUT2D eigenvalue weighted by molar-refractivity contribution is 7.80. The minimum absolute atomic E-state index is 0.0899. The Morgan fingerprint density at radius 2 is 1.76 bits per heavy atom. The van der Waals surface area contributed by atoms with Gasteiger partial charge in [-0.2, -0.15) is 0 Å². The number of halogens is 3. The van der Waals surface area contributed by atoms with Crippen molar-refractivity contribution in [3.05, 3.63) is 87.4 Å². The van der Waals surface area contributed by atoms with Crippen LogP contribution in [0.4, 0.5) is 11.4 Å². The number of carbonyl (C=O) groups excluding carboxylic acids is 2. The SMILES string of the molecule is CCOc1ccc(N2C(=O)[C@@H](CC(=O)Nc3cccc(Cl)c3)N(CCc3ccc(Cl)cc3Cl)C2=S)cc1. The van der Waals surface area contributed by atoms with E-state index in [2.05, 4.69) is 5.32 Å². The third kappa shape index (κ3) is 6.54. The van der Waals surface area contributed by atoms with E-state index in [1.807, 2.05) is 13.0 Å². The third-order valence-electron chi connectivity index (χ3n) is 5.85. The zero-order valence-electron chi connectivity index (χ0n) is 19.9. The van der Waals surface area contributed by atoms with Gasteiger partial charge in [-0.1, -0.05) is 46.9 Å². The van der Waals surface area contributed by atoms with Crippen LogP contribution in [0.15, 0.2) is 66.7 Å². The van der Waals surface area contributed by atoms with Crippen LogP contribution < -0.4 is 15.0 Å². The summed E-state index contributed by atoms with van der Waals surface area (Å²) in [6, 6.07) is 18.4. The van der Waals surface area contributed by atoms with Gasteiger partial charge in [0.05, 0.1) is 18.7 Å². The largest absolute Gasteiger partial charge is 0.494 e. The number of hydrogen-bond donors (Lipinski definition) is 1. The maximum absolute atomic E-state index is 13.6. The lowest BCUT2D eigenvalue weighted by molar-refractivity contribution is -0.124. The van der Waals surface area contributed by atoms with Crippen LogP contribution in [0.3, 0.4) is 0 Å². The molecule has 0 unspecified atom stereocenters. The minimum Gasteiger partial charge on any atom is -0.494 e. The molecule has 1 atom stereocenters. The Balaban J connectivity index is 1.57. The van der Waals surface area contributed by atoms with Crippen molar-refractivity contribution < 1.29 is 14.3 Å². The summed E-state index contributed by atoms with van der Waals surface area (Å²) in [6.07, 6.45) is 0.417. The van der Waals surface area contributed by atoms with Crippen LogP contribution in [0, 0.1) is 0 Å². The second kappa shape index (κ2) is 12.1. The van der Waals surface area contributed by atoms with Crippen molar-refractivity contribution >= 4 is 75.3 Å². The topological polar surface area (TPSA) is 61.9 Å². The fourth-order valence-corrected chi connectivity index (χ4v) is 5.21. The molecule has 37 heavy (non-hydrogen) atoms. The Hall–Kier alpha value is -2.84. The fourth-order valence-electron chi connectivity index (χ4n) is 4.10. The van der Waals surface area contributed by atoms with Gasteiger partial charge in [0.15, 0.2) is 5.11 Å². The van der Waals surface area contributed by atoms with Crippen LogP contribution in [-0.4, -0.2) is 41.0 Å². The molecule has 0 saturated carbocycles.